The molecule has 5 heteroatoms. The molecule has 0 aliphatic heterocycles. The molecule has 33 heavy (non-hydrogen) atoms. The summed E-state index contributed by atoms with van der Waals surface area (Å²) in [6.45, 7) is 29.9. The second-order valence-electron chi connectivity index (χ2n) is 10.8. The molecule has 0 radical (unpaired) electrons. The Morgan fingerprint density at radius 3 is 1.09 bits per heavy atom. The summed E-state index contributed by atoms with van der Waals surface area (Å²) in [5, 5.41) is 0. The minimum Gasteiger partial charge on any atom is -0.420 e. The highest BCUT2D eigenvalue weighted by Gasteiger charge is 2.38. The van der Waals surface area contributed by atoms with Gasteiger partial charge in [-0.1, -0.05) is 48.5 Å². The van der Waals surface area contributed by atoms with Crippen LogP contribution >= 0.6 is 0 Å². The fourth-order valence-electron chi connectivity index (χ4n) is 5.47. The summed E-state index contributed by atoms with van der Waals surface area (Å²) in [4.78, 5) is 8.39. The lowest BCUT2D eigenvalue weighted by molar-refractivity contribution is 0.0480. The summed E-state index contributed by atoms with van der Waals surface area (Å²) in [6.07, 6.45) is 8.78. The van der Waals surface area contributed by atoms with Gasteiger partial charge in [-0.25, -0.2) is 0 Å². The highest BCUT2D eigenvalue weighted by molar-refractivity contribution is 6.72. The molecular weight excluding hydrogens is 422 g/mol. The minimum atomic E-state index is -1.63. The van der Waals surface area contributed by atoms with Crippen molar-refractivity contribution >= 4 is 8.32 Å². The van der Waals surface area contributed by atoms with E-state index in [0.29, 0.717) is 5.41 Å². The first-order chi connectivity index (χ1) is 15.8. The molecule has 0 saturated heterocycles. The van der Waals surface area contributed by atoms with E-state index in [0.717, 1.165) is 0 Å². The Labute approximate surface area is 210 Å². The van der Waals surface area contributed by atoms with Crippen molar-refractivity contribution in [2.75, 3.05) is 66.0 Å². The maximum Gasteiger partial charge on any atom is 0.189 e. The van der Waals surface area contributed by atoms with Crippen LogP contribution in [0.25, 0.3) is 0 Å². The van der Waals surface area contributed by atoms with E-state index in [-0.39, 0.29) is 0 Å². The van der Waals surface area contributed by atoms with Gasteiger partial charge in [-0.05, 0) is 103 Å². The monoisotopic (exact) mass is 485 g/mol. The molecule has 200 valence electrons. The molecule has 0 N–H and O–H groups in total. The van der Waals surface area contributed by atoms with Gasteiger partial charge < -0.3 is 19.1 Å². The van der Waals surface area contributed by atoms with E-state index >= 15 is 0 Å². The zero-order valence-corrected chi connectivity index (χ0v) is 25.5. The number of rotatable bonds is 23. The molecule has 0 spiro atoms. The third kappa shape index (κ3) is 13.7. The van der Waals surface area contributed by atoms with E-state index < -0.39 is 8.32 Å². The highest BCUT2D eigenvalue weighted by atomic mass is 28.4. The second-order valence-corrected chi connectivity index (χ2v) is 15.4. The van der Waals surface area contributed by atoms with Crippen molar-refractivity contribution in [3.63, 3.8) is 0 Å². The van der Waals surface area contributed by atoms with Crippen molar-refractivity contribution in [2.45, 2.75) is 112 Å². The summed E-state index contributed by atoms with van der Waals surface area (Å²) in [5.41, 5.74) is 0.307. The Morgan fingerprint density at radius 2 is 0.879 bits per heavy atom. The van der Waals surface area contributed by atoms with Gasteiger partial charge in [0.15, 0.2) is 8.32 Å². The maximum atomic E-state index is 6.18. The van der Waals surface area contributed by atoms with E-state index in [2.05, 4.69) is 69.7 Å². The summed E-state index contributed by atoms with van der Waals surface area (Å²) in [6, 6.07) is 2.50. The van der Waals surface area contributed by atoms with E-state index in [1.54, 1.807) is 0 Å². The van der Waals surface area contributed by atoms with Gasteiger partial charge in [0.1, 0.15) is 0 Å². The van der Waals surface area contributed by atoms with Crippen molar-refractivity contribution in [3.05, 3.63) is 0 Å². The van der Waals surface area contributed by atoms with Crippen LogP contribution in [0.4, 0.5) is 0 Å². The zero-order chi connectivity index (χ0) is 25.2. The lowest BCUT2D eigenvalue weighted by Crippen LogP contribution is -2.53. The summed E-state index contributed by atoms with van der Waals surface area (Å²) in [7, 11) is 0.344. The normalized spacial score (nSPS) is 14.5. The van der Waals surface area contributed by atoms with Gasteiger partial charge in [0.05, 0.1) is 0 Å². The predicted octanol–water partition coefficient (Wildman–Crippen LogP) is 6.97. The van der Waals surface area contributed by atoms with Gasteiger partial charge in [-0.2, -0.15) is 0 Å². The fourth-order valence-corrected chi connectivity index (χ4v) is 7.38. The number of hydrogen-bond acceptors (Lipinski definition) is 4. The SMILES string of the molecule is CCCN(CCC)CC(CC[Si](C)(CC)OC)(CN(CCC)CCC)CN(CCC)CCC. The molecule has 0 rings (SSSR count). The van der Waals surface area contributed by atoms with Crippen molar-refractivity contribution in [1.82, 2.24) is 14.7 Å². The van der Waals surface area contributed by atoms with Crippen LogP contribution in [0.15, 0.2) is 0 Å². The molecule has 0 aromatic carbocycles. The summed E-state index contributed by atoms with van der Waals surface area (Å²) < 4.78 is 6.18. The third-order valence-electron chi connectivity index (χ3n) is 7.34. The smallest absolute Gasteiger partial charge is 0.189 e. The number of nitrogens with zero attached hydrogens (tertiary/aromatic N) is 3. The Bertz CT molecular complexity index is 381. The minimum absolute atomic E-state index is 0.307. The topological polar surface area (TPSA) is 19.0 Å². The largest absolute Gasteiger partial charge is 0.420 e. The van der Waals surface area contributed by atoms with Crippen LogP contribution in [0.1, 0.15) is 93.4 Å². The molecule has 0 aromatic rings. The lowest BCUT2D eigenvalue weighted by atomic mass is 9.82. The molecule has 1 atom stereocenters. The van der Waals surface area contributed by atoms with E-state index in [4.69, 9.17) is 4.43 Å². The lowest BCUT2D eigenvalue weighted by Gasteiger charge is -2.46. The summed E-state index contributed by atoms with van der Waals surface area (Å²) >= 11 is 0. The van der Waals surface area contributed by atoms with Crippen LogP contribution in [0.3, 0.4) is 0 Å². The fraction of sp³-hybridized carbons (Fsp3) is 1.00. The average molecular weight is 486 g/mol. The van der Waals surface area contributed by atoms with Crippen LogP contribution in [-0.2, 0) is 4.43 Å². The molecule has 0 heterocycles. The van der Waals surface area contributed by atoms with Gasteiger partial charge >= 0.3 is 0 Å². The van der Waals surface area contributed by atoms with E-state index in [9.17, 15) is 0 Å². The molecule has 0 aromatic heterocycles. The zero-order valence-electron chi connectivity index (χ0n) is 24.5. The third-order valence-corrected chi connectivity index (χ3v) is 11.1. The average Bonchev–Trinajstić information content (AvgIpc) is 2.78. The van der Waals surface area contributed by atoms with Gasteiger partial charge in [-0.15, -0.1) is 0 Å². The molecule has 0 amide bonds. The van der Waals surface area contributed by atoms with Crippen LogP contribution in [-0.4, -0.2) is 89.0 Å². The molecule has 0 fully saturated rings. The molecule has 0 aliphatic carbocycles. The summed E-state index contributed by atoms with van der Waals surface area (Å²) in [5.74, 6) is 0. The van der Waals surface area contributed by atoms with Gasteiger partial charge in [0, 0.05) is 32.2 Å². The Hall–Kier alpha value is 0.0569. The van der Waals surface area contributed by atoms with E-state index in [1.807, 2.05) is 7.11 Å². The molecule has 0 aliphatic rings. The molecular formula is C28H63N3OSi. The number of hydrogen-bond donors (Lipinski definition) is 0. The highest BCUT2D eigenvalue weighted by Crippen LogP contribution is 2.34. The Morgan fingerprint density at radius 1 is 0.576 bits per heavy atom. The first-order valence-electron chi connectivity index (χ1n) is 14.5. The predicted molar refractivity (Wildman–Crippen MR) is 152 cm³/mol. The van der Waals surface area contributed by atoms with Gasteiger partial charge in [-0.3, -0.25) is 0 Å². The van der Waals surface area contributed by atoms with Crippen molar-refractivity contribution in [2.24, 2.45) is 5.41 Å². The molecule has 4 nitrogen and oxygen atoms in total. The Balaban J connectivity index is 6.22. The van der Waals surface area contributed by atoms with Crippen LogP contribution in [0, 0.1) is 5.41 Å². The Kier molecular flexibility index (Phi) is 19.3. The van der Waals surface area contributed by atoms with Crippen molar-refractivity contribution in [3.8, 4) is 0 Å². The van der Waals surface area contributed by atoms with Gasteiger partial charge in [0.2, 0.25) is 0 Å². The molecule has 0 bridgehead atoms. The van der Waals surface area contributed by atoms with Crippen molar-refractivity contribution < 1.29 is 4.43 Å². The maximum absolute atomic E-state index is 6.18. The second kappa shape index (κ2) is 19.3. The molecule has 0 saturated carbocycles. The van der Waals surface area contributed by atoms with Gasteiger partial charge in [0.25, 0.3) is 0 Å². The van der Waals surface area contributed by atoms with Crippen molar-refractivity contribution in [1.29, 1.82) is 0 Å². The van der Waals surface area contributed by atoms with Crippen LogP contribution in [0.2, 0.25) is 18.6 Å². The van der Waals surface area contributed by atoms with Crippen LogP contribution < -0.4 is 0 Å². The standard InChI is InChI=1S/C28H63N3OSi/c1-10-18-29(19-11-2)25-28(17-24-33(9,16-7)32-8,26-30(20-12-3)21-13-4)27-31(22-14-5)23-15-6/h10-27H2,1-9H3. The first-order valence-corrected chi connectivity index (χ1v) is 17.4. The molecule has 1 unspecified atom stereocenters. The van der Waals surface area contributed by atoms with Crippen LogP contribution in [0.5, 0.6) is 0 Å². The quantitative estimate of drug-likeness (QED) is 0.145. The first kappa shape index (κ1) is 33.1. The van der Waals surface area contributed by atoms with E-state index in [1.165, 1.54) is 116 Å².